The Balaban J connectivity index is 1.67. The number of nitrogens with one attached hydrogen (secondary N) is 1. The van der Waals surface area contributed by atoms with Crippen molar-refractivity contribution in [2.24, 2.45) is 20.5 Å². The number of fused-ring (bicyclic) bond motifs is 1. The minimum Gasteiger partial charge on any atom is -0.497 e. The van der Waals surface area contributed by atoms with Gasteiger partial charge in [-0.05, 0) is 43.3 Å². The molecule has 4 rings (SSSR count). The summed E-state index contributed by atoms with van der Waals surface area (Å²) in [4.78, 5) is 4.51. The Hall–Kier alpha value is -4.01. The molecule has 9 nitrogen and oxygen atoms in total. The number of methoxy groups -OCH3 is 1. The number of imidazole rings is 1. The van der Waals surface area contributed by atoms with Gasteiger partial charge in [0.15, 0.2) is 17.2 Å². The molecule has 0 spiro atoms. The highest BCUT2D eigenvalue weighted by Gasteiger charge is 2.17. The maximum atomic E-state index is 6.06. The normalized spacial score (nSPS) is 11.8. The lowest BCUT2D eigenvalue weighted by Gasteiger charge is -1.98. The van der Waals surface area contributed by atoms with E-state index in [-0.39, 0.29) is 0 Å². The van der Waals surface area contributed by atoms with E-state index in [9.17, 15) is 0 Å². The molecule has 0 unspecified atom stereocenters. The van der Waals surface area contributed by atoms with Gasteiger partial charge in [0.1, 0.15) is 11.6 Å². The minimum atomic E-state index is 0.350. The third-order valence-electron chi connectivity index (χ3n) is 4.07. The molecule has 0 saturated carbocycles. The molecule has 2 aromatic heterocycles. The molecule has 0 bridgehead atoms. The van der Waals surface area contributed by atoms with Gasteiger partial charge in [0.2, 0.25) is 0 Å². The summed E-state index contributed by atoms with van der Waals surface area (Å²) in [7, 11) is 1.62. The number of H-pyrrole nitrogens is 1. The number of anilines is 1. The maximum absolute atomic E-state index is 6.06. The van der Waals surface area contributed by atoms with Crippen LogP contribution in [0.15, 0.2) is 75.1 Å². The Kier molecular flexibility index (Phi) is 4.55. The lowest BCUT2D eigenvalue weighted by atomic mass is 10.3. The monoisotopic (exact) mass is 374 g/mol. The molecule has 0 atom stereocenters. The smallest absolute Gasteiger partial charge is 0.197 e. The average molecular weight is 374 g/mol. The number of nitrogen functional groups attached to an aromatic ring is 1. The number of ether oxygens (including phenoxy) is 1. The van der Waals surface area contributed by atoms with Crippen LogP contribution in [-0.2, 0) is 0 Å². The first-order valence-electron chi connectivity index (χ1n) is 8.55. The van der Waals surface area contributed by atoms with Gasteiger partial charge in [-0.3, -0.25) is 5.10 Å². The number of benzene rings is 2. The molecular weight excluding hydrogens is 356 g/mol. The fourth-order valence-corrected chi connectivity index (χ4v) is 2.65. The fourth-order valence-electron chi connectivity index (χ4n) is 2.65. The third-order valence-corrected chi connectivity index (χ3v) is 4.07. The Morgan fingerprint density at radius 3 is 2.32 bits per heavy atom. The molecule has 140 valence electrons. The summed E-state index contributed by atoms with van der Waals surface area (Å²) in [6, 6.07) is 16.7. The van der Waals surface area contributed by atoms with E-state index in [0.29, 0.717) is 34.4 Å². The van der Waals surface area contributed by atoms with E-state index in [0.717, 1.165) is 11.4 Å². The zero-order chi connectivity index (χ0) is 19.5. The van der Waals surface area contributed by atoms with Gasteiger partial charge in [0.05, 0.1) is 24.2 Å². The molecule has 0 saturated heterocycles. The molecule has 4 aromatic rings. The zero-order valence-electron chi connectivity index (χ0n) is 15.4. The van der Waals surface area contributed by atoms with Crippen LogP contribution in [0.4, 0.5) is 28.7 Å². The van der Waals surface area contributed by atoms with Crippen molar-refractivity contribution >= 4 is 34.3 Å². The van der Waals surface area contributed by atoms with Gasteiger partial charge >= 0.3 is 0 Å². The van der Waals surface area contributed by atoms with E-state index >= 15 is 0 Å². The first kappa shape index (κ1) is 17.4. The van der Waals surface area contributed by atoms with Gasteiger partial charge < -0.3 is 10.5 Å². The maximum Gasteiger partial charge on any atom is 0.197 e. The van der Waals surface area contributed by atoms with Gasteiger partial charge in [-0.1, -0.05) is 18.2 Å². The summed E-state index contributed by atoms with van der Waals surface area (Å²) >= 11 is 0. The van der Waals surface area contributed by atoms with Crippen LogP contribution in [0.1, 0.15) is 5.69 Å². The highest BCUT2D eigenvalue weighted by Crippen LogP contribution is 2.33. The van der Waals surface area contributed by atoms with Gasteiger partial charge in [-0.15, -0.1) is 15.3 Å². The number of aryl methyl sites for hydroxylation is 1. The molecule has 2 heterocycles. The Labute approximate surface area is 160 Å². The lowest BCUT2D eigenvalue weighted by Crippen LogP contribution is -1.88. The summed E-state index contributed by atoms with van der Waals surface area (Å²) in [6.07, 6.45) is 0. The van der Waals surface area contributed by atoms with E-state index < -0.39 is 0 Å². The van der Waals surface area contributed by atoms with Crippen LogP contribution < -0.4 is 10.5 Å². The molecule has 0 amide bonds. The highest BCUT2D eigenvalue weighted by molar-refractivity contribution is 5.77. The Morgan fingerprint density at radius 1 is 0.929 bits per heavy atom. The second kappa shape index (κ2) is 7.31. The SMILES string of the molecule is COc1ccc(N=Nc2c(C)nc3c(N=Nc4ccccc4)c(N)[nH]n23)cc1. The average Bonchev–Trinajstić information content (AvgIpc) is 3.19. The summed E-state index contributed by atoms with van der Waals surface area (Å²) in [5, 5.41) is 20.1. The van der Waals surface area contributed by atoms with Crippen LogP contribution in [0, 0.1) is 6.92 Å². The number of aromatic amines is 1. The standard InChI is InChI=1S/C19H18N8O/c1-12-18(25-23-14-8-10-15(28-2)11-9-14)27-19(21-12)16(17(20)26-27)24-22-13-6-4-3-5-7-13/h3-11,26H,20H2,1-2H3. The first-order valence-corrected chi connectivity index (χ1v) is 8.55. The summed E-state index contributed by atoms with van der Waals surface area (Å²) < 4.78 is 6.79. The van der Waals surface area contributed by atoms with Crippen LogP contribution in [-0.4, -0.2) is 21.7 Å². The molecule has 9 heteroatoms. The van der Waals surface area contributed by atoms with Gasteiger partial charge in [0, 0.05) is 0 Å². The predicted octanol–water partition coefficient (Wildman–Crippen LogP) is 5.39. The molecular formula is C19H18N8O. The molecule has 0 radical (unpaired) electrons. The van der Waals surface area contributed by atoms with E-state index in [1.807, 2.05) is 61.5 Å². The zero-order valence-corrected chi connectivity index (χ0v) is 15.4. The van der Waals surface area contributed by atoms with E-state index in [1.54, 1.807) is 11.6 Å². The van der Waals surface area contributed by atoms with E-state index in [4.69, 9.17) is 10.5 Å². The fraction of sp³-hybridized carbons (Fsp3) is 0.105. The molecule has 0 fully saturated rings. The molecule has 0 aliphatic carbocycles. The Morgan fingerprint density at radius 2 is 1.61 bits per heavy atom. The molecule has 0 aliphatic rings. The minimum absolute atomic E-state index is 0.350. The van der Waals surface area contributed by atoms with E-state index in [2.05, 4.69) is 30.5 Å². The van der Waals surface area contributed by atoms with Crippen LogP contribution >= 0.6 is 0 Å². The topological polar surface area (TPSA) is 118 Å². The molecule has 0 aliphatic heterocycles. The van der Waals surface area contributed by atoms with Gasteiger partial charge in [-0.25, -0.2) is 9.50 Å². The number of nitrogens with zero attached hydrogens (tertiary/aromatic N) is 6. The van der Waals surface area contributed by atoms with Crippen molar-refractivity contribution in [2.45, 2.75) is 6.92 Å². The van der Waals surface area contributed by atoms with Gasteiger partial charge in [-0.2, -0.15) is 5.11 Å². The quantitative estimate of drug-likeness (QED) is 0.456. The van der Waals surface area contributed by atoms with Crippen LogP contribution in [0.5, 0.6) is 5.75 Å². The number of azo groups is 2. The molecule has 3 N–H and O–H groups in total. The van der Waals surface area contributed by atoms with Crippen molar-refractivity contribution in [3.05, 3.63) is 60.3 Å². The van der Waals surface area contributed by atoms with Crippen molar-refractivity contribution in [1.29, 1.82) is 0 Å². The number of rotatable bonds is 5. The van der Waals surface area contributed by atoms with Crippen molar-refractivity contribution in [3.63, 3.8) is 0 Å². The highest BCUT2D eigenvalue weighted by atomic mass is 16.5. The number of aromatic nitrogens is 3. The van der Waals surface area contributed by atoms with Crippen molar-refractivity contribution in [2.75, 3.05) is 12.8 Å². The van der Waals surface area contributed by atoms with Crippen molar-refractivity contribution in [1.82, 2.24) is 14.6 Å². The summed E-state index contributed by atoms with van der Waals surface area (Å²) in [5.74, 6) is 1.65. The van der Waals surface area contributed by atoms with Crippen molar-refractivity contribution in [3.8, 4) is 5.75 Å². The Bertz CT molecular complexity index is 1160. The van der Waals surface area contributed by atoms with Crippen LogP contribution in [0.3, 0.4) is 0 Å². The largest absolute Gasteiger partial charge is 0.497 e. The van der Waals surface area contributed by atoms with E-state index in [1.165, 1.54) is 0 Å². The van der Waals surface area contributed by atoms with Crippen LogP contribution in [0.2, 0.25) is 0 Å². The van der Waals surface area contributed by atoms with Crippen LogP contribution in [0.25, 0.3) is 5.65 Å². The number of nitrogens with two attached hydrogens (primary N) is 1. The molecule has 28 heavy (non-hydrogen) atoms. The second-order valence-electron chi connectivity index (χ2n) is 5.99. The van der Waals surface area contributed by atoms with Crippen molar-refractivity contribution < 1.29 is 4.74 Å². The predicted molar refractivity (Wildman–Crippen MR) is 106 cm³/mol. The summed E-state index contributed by atoms with van der Waals surface area (Å²) in [5.41, 5.74) is 9.17. The second-order valence-corrected chi connectivity index (χ2v) is 5.99. The number of hydrogen-bond acceptors (Lipinski definition) is 7. The number of hydrogen-bond donors (Lipinski definition) is 2. The lowest BCUT2D eigenvalue weighted by molar-refractivity contribution is 0.415. The third kappa shape index (κ3) is 3.32. The summed E-state index contributed by atoms with van der Waals surface area (Å²) in [6.45, 7) is 1.84. The molecule has 2 aromatic carbocycles. The van der Waals surface area contributed by atoms with Gasteiger partial charge in [0.25, 0.3) is 0 Å². The first-order chi connectivity index (χ1) is 13.7.